The van der Waals surface area contributed by atoms with Crippen LogP contribution in [-0.2, 0) is 10.2 Å². The molecule has 0 aromatic carbocycles. The molecule has 2 saturated heterocycles. The summed E-state index contributed by atoms with van der Waals surface area (Å²) in [6, 6.07) is 0. The molecular weight excluding hydrogens is 250 g/mol. The summed E-state index contributed by atoms with van der Waals surface area (Å²) in [4.78, 5) is 0. The molecule has 6 heteroatoms. The molecular formula is C12H25N3O2S. The Hall–Kier alpha value is -0.170. The third kappa shape index (κ3) is 3.04. The summed E-state index contributed by atoms with van der Waals surface area (Å²) < 4.78 is 28.5. The Bertz CT molecular complexity index is 364. The molecule has 1 N–H and O–H groups in total. The molecule has 0 spiro atoms. The molecule has 0 saturated carbocycles. The van der Waals surface area contributed by atoms with Crippen molar-refractivity contribution in [3.05, 3.63) is 0 Å². The van der Waals surface area contributed by atoms with Crippen LogP contribution in [0.4, 0.5) is 0 Å². The lowest BCUT2D eigenvalue weighted by atomic mass is 9.90. The van der Waals surface area contributed by atoms with E-state index in [0.29, 0.717) is 38.0 Å². The van der Waals surface area contributed by atoms with Crippen LogP contribution in [0.1, 0.15) is 26.7 Å². The van der Waals surface area contributed by atoms with Crippen LogP contribution < -0.4 is 5.32 Å². The molecule has 2 aliphatic rings. The highest BCUT2D eigenvalue weighted by Crippen LogP contribution is 2.25. The molecule has 106 valence electrons. The zero-order chi connectivity index (χ0) is 13.2. The molecule has 2 heterocycles. The number of nitrogens with zero attached hydrogens (tertiary/aromatic N) is 2. The van der Waals surface area contributed by atoms with Crippen LogP contribution in [0.25, 0.3) is 0 Å². The topological polar surface area (TPSA) is 52.7 Å². The Kier molecular flexibility index (Phi) is 4.64. The highest BCUT2D eigenvalue weighted by atomic mass is 32.2. The van der Waals surface area contributed by atoms with E-state index in [9.17, 15) is 8.42 Å². The number of hydrogen-bond donors (Lipinski definition) is 1. The average molecular weight is 275 g/mol. The van der Waals surface area contributed by atoms with Gasteiger partial charge in [0, 0.05) is 32.7 Å². The maximum absolute atomic E-state index is 12.6. The predicted molar refractivity (Wildman–Crippen MR) is 72.5 cm³/mol. The molecule has 0 bridgehead atoms. The first kappa shape index (κ1) is 14.2. The Morgan fingerprint density at radius 2 is 1.78 bits per heavy atom. The summed E-state index contributed by atoms with van der Waals surface area (Å²) in [6.45, 7) is 8.64. The standard InChI is InChI=1S/C12H25N3O2S/c1-11-4-8-15(10-12(11)2)18(16,17)14-7-3-5-13-6-9-14/h11-13H,3-10H2,1-2H3. The summed E-state index contributed by atoms with van der Waals surface area (Å²) in [5.41, 5.74) is 0. The second-order valence-electron chi connectivity index (χ2n) is 5.61. The molecule has 18 heavy (non-hydrogen) atoms. The molecule has 2 unspecified atom stereocenters. The van der Waals surface area contributed by atoms with Crippen molar-refractivity contribution >= 4 is 10.2 Å². The van der Waals surface area contributed by atoms with E-state index in [2.05, 4.69) is 19.2 Å². The van der Waals surface area contributed by atoms with Crippen molar-refractivity contribution in [2.75, 3.05) is 39.3 Å². The highest BCUT2D eigenvalue weighted by molar-refractivity contribution is 7.86. The van der Waals surface area contributed by atoms with Crippen LogP contribution in [0.15, 0.2) is 0 Å². The molecule has 0 amide bonds. The Morgan fingerprint density at radius 1 is 1.00 bits per heavy atom. The van der Waals surface area contributed by atoms with Crippen molar-refractivity contribution in [2.45, 2.75) is 26.7 Å². The molecule has 5 nitrogen and oxygen atoms in total. The first-order valence-electron chi connectivity index (χ1n) is 6.98. The predicted octanol–water partition coefficient (Wildman–Crippen LogP) is 0.504. The van der Waals surface area contributed by atoms with E-state index >= 15 is 0 Å². The summed E-state index contributed by atoms with van der Waals surface area (Å²) >= 11 is 0. The number of nitrogens with one attached hydrogen (secondary N) is 1. The number of piperidine rings is 1. The SMILES string of the molecule is CC1CCN(S(=O)(=O)N2CCCNCC2)CC1C. The summed E-state index contributed by atoms with van der Waals surface area (Å²) in [5.74, 6) is 1.08. The molecule has 0 aromatic heterocycles. The fraction of sp³-hybridized carbons (Fsp3) is 1.00. The van der Waals surface area contributed by atoms with E-state index < -0.39 is 10.2 Å². The van der Waals surface area contributed by atoms with Gasteiger partial charge in [0.15, 0.2) is 0 Å². The quantitative estimate of drug-likeness (QED) is 0.799. The number of hydrogen-bond acceptors (Lipinski definition) is 3. The van der Waals surface area contributed by atoms with Crippen LogP contribution in [-0.4, -0.2) is 56.3 Å². The monoisotopic (exact) mass is 275 g/mol. The van der Waals surface area contributed by atoms with E-state index in [-0.39, 0.29) is 0 Å². The zero-order valence-corrected chi connectivity index (χ0v) is 12.2. The molecule has 0 aromatic rings. The van der Waals surface area contributed by atoms with Crippen LogP contribution in [0.5, 0.6) is 0 Å². The molecule has 2 aliphatic heterocycles. The van der Waals surface area contributed by atoms with Crippen molar-refractivity contribution in [2.24, 2.45) is 11.8 Å². The lowest BCUT2D eigenvalue weighted by Gasteiger charge is -2.37. The van der Waals surface area contributed by atoms with Crippen LogP contribution in [0, 0.1) is 11.8 Å². The van der Waals surface area contributed by atoms with Crippen LogP contribution in [0.3, 0.4) is 0 Å². The minimum absolute atomic E-state index is 0.457. The molecule has 2 atom stereocenters. The summed E-state index contributed by atoms with van der Waals surface area (Å²) in [5, 5.41) is 3.24. The van der Waals surface area contributed by atoms with Crippen LogP contribution >= 0.6 is 0 Å². The first-order chi connectivity index (χ1) is 8.51. The van der Waals surface area contributed by atoms with Gasteiger partial charge in [-0.25, -0.2) is 0 Å². The second-order valence-corrected chi connectivity index (χ2v) is 7.54. The van der Waals surface area contributed by atoms with Gasteiger partial charge in [0.2, 0.25) is 0 Å². The van der Waals surface area contributed by atoms with E-state index in [1.165, 1.54) is 0 Å². The largest absolute Gasteiger partial charge is 0.315 e. The smallest absolute Gasteiger partial charge is 0.282 e. The Morgan fingerprint density at radius 3 is 2.50 bits per heavy atom. The van der Waals surface area contributed by atoms with Gasteiger partial charge in [-0.05, 0) is 31.2 Å². The lowest BCUT2D eigenvalue weighted by molar-refractivity contribution is 0.201. The Labute approximate surface area is 111 Å². The van der Waals surface area contributed by atoms with Gasteiger partial charge in [-0.1, -0.05) is 13.8 Å². The van der Waals surface area contributed by atoms with Gasteiger partial charge in [-0.15, -0.1) is 0 Å². The molecule has 2 fully saturated rings. The fourth-order valence-corrected chi connectivity index (χ4v) is 4.42. The molecule has 0 aliphatic carbocycles. The zero-order valence-electron chi connectivity index (χ0n) is 11.4. The van der Waals surface area contributed by atoms with Gasteiger partial charge in [0.05, 0.1) is 0 Å². The van der Waals surface area contributed by atoms with Gasteiger partial charge in [0.25, 0.3) is 10.2 Å². The van der Waals surface area contributed by atoms with Crippen molar-refractivity contribution in [3.8, 4) is 0 Å². The van der Waals surface area contributed by atoms with Gasteiger partial charge >= 0.3 is 0 Å². The Balaban J connectivity index is 2.05. The van der Waals surface area contributed by atoms with Crippen molar-refractivity contribution in [1.82, 2.24) is 13.9 Å². The minimum Gasteiger partial charge on any atom is -0.315 e. The van der Waals surface area contributed by atoms with Crippen LogP contribution in [0.2, 0.25) is 0 Å². The van der Waals surface area contributed by atoms with Gasteiger partial charge < -0.3 is 5.32 Å². The van der Waals surface area contributed by atoms with E-state index in [4.69, 9.17) is 0 Å². The highest BCUT2D eigenvalue weighted by Gasteiger charge is 2.34. The third-order valence-corrected chi connectivity index (χ3v) is 6.25. The maximum atomic E-state index is 12.6. The van der Waals surface area contributed by atoms with Gasteiger partial charge in [-0.3, -0.25) is 0 Å². The van der Waals surface area contributed by atoms with Crippen molar-refractivity contribution < 1.29 is 8.42 Å². The van der Waals surface area contributed by atoms with Crippen molar-refractivity contribution in [3.63, 3.8) is 0 Å². The minimum atomic E-state index is -3.24. The van der Waals surface area contributed by atoms with Gasteiger partial charge in [-0.2, -0.15) is 17.0 Å². The first-order valence-corrected chi connectivity index (χ1v) is 8.37. The normalized spacial score (nSPS) is 33.2. The van der Waals surface area contributed by atoms with Crippen molar-refractivity contribution in [1.29, 1.82) is 0 Å². The van der Waals surface area contributed by atoms with E-state index in [1.54, 1.807) is 8.61 Å². The third-order valence-electron chi connectivity index (χ3n) is 4.25. The second kappa shape index (κ2) is 5.86. The number of rotatable bonds is 2. The summed E-state index contributed by atoms with van der Waals surface area (Å²) in [7, 11) is -3.24. The maximum Gasteiger partial charge on any atom is 0.282 e. The molecule has 0 radical (unpaired) electrons. The summed E-state index contributed by atoms with van der Waals surface area (Å²) in [6.07, 6.45) is 1.88. The van der Waals surface area contributed by atoms with Gasteiger partial charge in [0.1, 0.15) is 0 Å². The van der Waals surface area contributed by atoms with E-state index in [1.807, 2.05) is 0 Å². The fourth-order valence-electron chi connectivity index (χ4n) is 2.65. The van der Waals surface area contributed by atoms with E-state index in [0.717, 1.165) is 25.9 Å². The lowest BCUT2D eigenvalue weighted by Crippen LogP contribution is -2.49. The average Bonchev–Trinajstić information content (AvgIpc) is 2.61. The molecule has 2 rings (SSSR count).